The van der Waals surface area contributed by atoms with E-state index < -0.39 is 0 Å². The molecule has 20 heavy (non-hydrogen) atoms. The average molecular weight is 272 g/mol. The van der Waals surface area contributed by atoms with Gasteiger partial charge >= 0.3 is 6.01 Å². The summed E-state index contributed by atoms with van der Waals surface area (Å²) in [5, 5.41) is 7.51. The first-order chi connectivity index (χ1) is 9.88. The van der Waals surface area contributed by atoms with E-state index in [-0.39, 0.29) is 5.92 Å². The van der Waals surface area contributed by atoms with Gasteiger partial charge in [-0.3, -0.25) is 0 Å². The lowest BCUT2D eigenvalue weighted by Crippen LogP contribution is -2.43. The van der Waals surface area contributed by atoms with Gasteiger partial charge in [-0.05, 0) is 12.0 Å². The summed E-state index contributed by atoms with van der Waals surface area (Å²) >= 11 is 0. The number of hydrogen-bond donors (Lipinski definition) is 1. The number of rotatable bonds is 4. The Hall–Kier alpha value is -1.88. The fourth-order valence-corrected chi connectivity index (χ4v) is 2.61. The third-order valence-electron chi connectivity index (χ3n) is 3.74. The van der Waals surface area contributed by atoms with E-state index in [1.807, 2.05) is 6.07 Å². The molecule has 5 nitrogen and oxygen atoms in total. The summed E-state index contributed by atoms with van der Waals surface area (Å²) in [5.74, 6) is 0.990. The maximum Gasteiger partial charge on any atom is 0.324 e. The van der Waals surface area contributed by atoms with E-state index in [9.17, 15) is 0 Å². The molecule has 2 heterocycles. The zero-order valence-electron chi connectivity index (χ0n) is 11.7. The van der Waals surface area contributed by atoms with Crippen LogP contribution in [0.3, 0.4) is 0 Å². The highest BCUT2D eigenvalue weighted by atomic mass is 16.5. The summed E-state index contributed by atoms with van der Waals surface area (Å²) in [5.41, 5.74) is 1.24. The lowest BCUT2D eigenvalue weighted by atomic mass is 9.96. The Labute approximate surface area is 119 Å². The molecule has 1 aliphatic rings. The number of benzene rings is 1. The second kappa shape index (κ2) is 6.05. The first-order valence-corrected chi connectivity index (χ1v) is 7.22. The van der Waals surface area contributed by atoms with E-state index in [4.69, 9.17) is 4.52 Å². The van der Waals surface area contributed by atoms with Crippen molar-refractivity contribution in [3.05, 3.63) is 41.7 Å². The molecule has 1 atom stereocenters. The van der Waals surface area contributed by atoms with Crippen LogP contribution in [-0.4, -0.2) is 36.3 Å². The van der Waals surface area contributed by atoms with Crippen molar-refractivity contribution in [2.45, 2.75) is 19.3 Å². The van der Waals surface area contributed by atoms with E-state index >= 15 is 0 Å². The van der Waals surface area contributed by atoms with Crippen LogP contribution in [0.5, 0.6) is 0 Å². The van der Waals surface area contributed by atoms with Crippen LogP contribution in [0.2, 0.25) is 0 Å². The lowest BCUT2D eigenvalue weighted by Gasteiger charge is -2.24. The van der Waals surface area contributed by atoms with Gasteiger partial charge in [-0.1, -0.05) is 42.4 Å². The molecule has 106 valence electrons. The number of hydrogen-bond acceptors (Lipinski definition) is 5. The molecule has 0 radical (unpaired) electrons. The van der Waals surface area contributed by atoms with Gasteiger partial charge in [0.15, 0.2) is 5.82 Å². The molecule has 0 aliphatic carbocycles. The third-order valence-corrected chi connectivity index (χ3v) is 3.74. The Morgan fingerprint density at radius 2 is 2.00 bits per heavy atom. The molecule has 0 amide bonds. The SMILES string of the molecule is CCC(c1ccccc1)c1noc(N2CCNCC2)n1. The first kappa shape index (κ1) is 13.1. The van der Waals surface area contributed by atoms with Crippen molar-refractivity contribution in [1.82, 2.24) is 15.5 Å². The second-order valence-electron chi connectivity index (χ2n) is 5.04. The summed E-state index contributed by atoms with van der Waals surface area (Å²) in [6, 6.07) is 11.0. The zero-order chi connectivity index (χ0) is 13.8. The molecule has 1 aliphatic heterocycles. The summed E-state index contributed by atoms with van der Waals surface area (Å²) in [6.45, 7) is 5.92. The summed E-state index contributed by atoms with van der Waals surface area (Å²) in [7, 11) is 0. The summed E-state index contributed by atoms with van der Waals surface area (Å²) < 4.78 is 5.45. The largest absolute Gasteiger partial charge is 0.324 e. The van der Waals surface area contributed by atoms with Crippen LogP contribution < -0.4 is 10.2 Å². The molecule has 1 fully saturated rings. The monoisotopic (exact) mass is 272 g/mol. The molecule has 0 spiro atoms. The molecule has 1 aromatic heterocycles. The predicted octanol–water partition coefficient (Wildman–Crippen LogP) is 2.02. The zero-order valence-corrected chi connectivity index (χ0v) is 11.7. The molecule has 1 saturated heterocycles. The highest BCUT2D eigenvalue weighted by Crippen LogP contribution is 2.27. The van der Waals surface area contributed by atoms with Crippen molar-refractivity contribution in [2.24, 2.45) is 0 Å². The van der Waals surface area contributed by atoms with Crippen LogP contribution in [0.4, 0.5) is 6.01 Å². The molecule has 1 N–H and O–H groups in total. The van der Waals surface area contributed by atoms with E-state index in [0.29, 0.717) is 6.01 Å². The fourth-order valence-electron chi connectivity index (χ4n) is 2.61. The minimum atomic E-state index is 0.205. The highest BCUT2D eigenvalue weighted by molar-refractivity contribution is 5.30. The van der Waals surface area contributed by atoms with Crippen molar-refractivity contribution in [3.63, 3.8) is 0 Å². The lowest BCUT2D eigenvalue weighted by molar-refractivity contribution is 0.396. The van der Waals surface area contributed by atoms with Crippen molar-refractivity contribution in [1.29, 1.82) is 0 Å². The van der Waals surface area contributed by atoms with Crippen LogP contribution in [0.25, 0.3) is 0 Å². The van der Waals surface area contributed by atoms with Gasteiger partial charge in [0.1, 0.15) is 0 Å². The van der Waals surface area contributed by atoms with E-state index in [0.717, 1.165) is 38.4 Å². The Morgan fingerprint density at radius 1 is 1.25 bits per heavy atom. The number of nitrogens with one attached hydrogen (secondary N) is 1. The van der Waals surface area contributed by atoms with Crippen molar-refractivity contribution < 1.29 is 4.52 Å². The van der Waals surface area contributed by atoms with Gasteiger partial charge in [0.05, 0.1) is 0 Å². The van der Waals surface area contributed by atoms with E-state index in [1.54, 1.807) is 0 Å². The van der Waals surface area contributed by atoms with Gasteiger partial charge in [-0.2, -0.15) is 4.98 Å². The van der Waals surface area contributed by atoms with Gasteiger partial charge in [0.2, 0.25) is 0 Å². The van der Waals surface area contributed by atoms with Crippen LogP contribution in [-0.2, 0) is 0 Å². The van der Waals surface area contributed by atoms with Crippen LogP contribution in [0.15, 0.2) is 34.9 Å². The Balaban J connectivity index is 1.81. The Morgan fingerprint density at radius 3 is 2.70 bits per heavy atom. The van der Waals surface area contributed by atoms with Gasteiger partial charge in [-0.15, -0.1) is 0 Å². The highest BCUT2D eigenvalue weighted by Gasteiger charge is 2.22. The van der Waals surface area contributed by atoms with Gasteiger partial charge in [0, 0.05) is 32.1 Å². The maximum absolute atomic E-state index is 5.45. The summed E-state index contributed by atoms with van der Waals surface area (Å²) in [4.78, 5) is 6.75. The van der Waals surface area contributed by atoms with Gasteiger partial charge < -0.3 is 14.7 Å². The molecule has 2 aromatic rings. The smallest absolute Gasteiger partial charge is 0.322 e. The number of nitrogens with zero attached hydrogens (tertiary/aromatic N) is 3. The predicted molar refractivity (Wildman–Crippen MR) is 78.0 cm³/mol. The van der Waals surface area contributed by atoms with Crippen molar-refractivity contribution in [2.75, 3.05) is 31.1 Å². The maximum atomic E-state index is 5.45. The van der Waals surface area contributed by atoms with Crippen molar-refractivity contribution >= 4 is 6.01 Å². The molecule has 0 bridgehead atoms. The van der Waals surface area contributed by atoms with E-state index in [2.05, 4.69) is 51.5 Å². The Kier molecular flexibility index (Phi) is 3.97. The second-order valence-corrected chi connectivity index (χ2v) is 5.04. The molecule has 5 heteroatoms. The standard InChI is InChI=1S/C15H20N4O/c1-2-13(12-6-4-3-5-7-12)14-17-15(20-18-14)19-10-8-16-9-11-19/h3-7,13,16H,2,8-11H2,1H3. The molecular formula is C15H20N4O. The number of piperazine rings is 1. The van der Waals surface area contributed by atoms with Crippen LogP contribution in [0, 0.1) is 0 Å². The topological polar surface area (TPSA) is 54.2 Å². The van der Waals surface area contributed by atoms with Crippen molar-refractivity contribution in [3.8, 4) is 0 Å². The number of anilines is 1. The molecule has 1 unspecified atom stereocenters. The average Bonchev–Trinajstić information content (AvgIpc) is 3.00. The normalized spacial score (nSPS) is 17.1. The van der Waals surface area contributed by atoms with Gasteiger partial charge in [-0.25, -0.2) is 0 Å². The molecule has 1 aromatic carbocycles. The van der Waals surface area contributed by atoms with Crippen LogP contribution in [0.1, 0.15) is 30.7 Å². The molecular weight excluding hydrogens is 252 g/mol. The van der Waals surface area contributed by atoms with Crippen LogP contribution >= 0.6 is 0 Å². The minimum Gasteiger partial charge on any atom is -0.322 e. The molecule has 0 saturated carbocycles. The number of aromatic nitrogens is 2. The fraction of sp³-hybridized carbons (Fsp3) is 0.467. The third kappa shape index (κ3) is 2.67. The first-order valence-electron chi connectivity index (χ1n) is 7.22. The molecule has 3 rings (SSSR count). The van der Waals surface area contributed by atoms with Gasteiger partial charge in [0.25, 0.3) is 0 Å². The minimum absolute atomic E-state index is 0.205. The van der Waals surface area contributed by atoms with E-state index in [1.165, 1.54) is 5.56 Å². The quantitative estimate of drug-likeness (QED) is 0.923. The summed E-state index contributed by atoms with van der Waals surface area (Å²) in [6.07, 6.45) is 0.963. The Bertz CT molecular complexity index is 534.